The molecule has 0 bridgehead atoms. The first-order valence-electron chi connectivity index (χ1n) is 7.56. The van der Waals surface area contributed by atoms with E-state index in [4.69, 9.17) is 0 Å². The molecule has 3 rings (SSSR count). The van der Waals surface area contributed by atoms with E-state index in [2.05, 4.69) is 26.3 Å². The summed E-state index contributed by atoms with van der Waals surface area (Å²) >= 11 is 0. The minimum atomic E-state index is -0.168. The van der Waals surface area contributed by atoms with E-state index in [0.717, 1.165) is 19.4 Å². The van der Waals surface area contributed by atoms with Crippen molar-refractivity contribution in [1.29, 1.82) is 5.26 Å². The summed E-state index contributed by atoms with van der Waals surface area (Å²) in [7, 11) is 1.83. The Kier molecular flexibility index (Phi) is 4.24. The summed E-state index contributed by atoms with van der Waals surface area (Å²) in [5.74, 6) is 0.519. The van der Waals surface area contributed by atoms with E-state index in [0.29, 0.717) is 23.6 Å². The Balaban J connectivity index is 1.69. The maximum Gasteiger partial charge on any atom is 0.271 e. The Hall–Kier alpha value is -2.88. The van der Waals surface area contributed by atoms with Crippen molar-refractivity contribution in [1.82, 2.24) is 19.9 Å². The van der Waals surface area contributed by atoms with Crippen LogP contribution in [0.4, 0.5) is 5.82 Å². The van der Waals surface area contributed by atoms with Crippen molar-refractivity contribution >= 4 is 11.7 Å². The molecule has 1 fully saturated rings. The minimum Gasteiger partial charge on any atom is -0.353 e. The number of nitrogens with zero attached hydrogens (tertiary/aromatic N) is 5. The normalized spacial score (nSPS) is 17.6. The largest absolute Gasteiger partial charge is 0.353 e. The molecule has 7 nitrogen and oxygen atoms in total. The Morgan fingerprint density at radius 2 is 2.35 bits per heavy atom. The highest BCUT2D eigenvalue weighted by Crippen LogP contribution is 2.21. The first-order valence-corrected chi connectivity index (χ1v) is 7.56. The predicted molar refractivity (Wildman–Crippen MR) is 84.9 cm³/mol. The zero-order valence-corrected chi connectivity index (χ0v) is 12.9. The van der Waals surface area contributed by atoms with Crippen LogP contribution in [0, 0.1) is 11.3 Å². The summed E-state index contributed by atoms with van der Waals surface area (Å²) in [4.78, 5) is 22.7. The highest BCUT2D eigenvalue weighted by molar-refractivity contribution is 5.92. The second-order valence-corrected chi connectivity index (χ2v) is 5.67. The second kappa shape index (κ2) is 6.48. The molecule has 23 heavy (non-hydrogen) atoms. The van der Waals surface area contributed by atoms with E-state index in [1.165, 1.54) is 0 Å². The number of piperidine rings is 1. The van der Waals surface area contributed by atoms with Crippen molar-refractivity contribution in [2.24, 2.45) is 7.05 Å². The lowest BCUT2D eigenvalue weighted by Crippen LogP contribution is -2.48. The molecule has 0 aliphatic carbocycles. The van der Waals surface area contributed by atoms with E-state index >= 15 is 0 Å². The molecule has 1 aliphatic heterocycles. The van der Waals surface area contributed by atoms with Gasteiger partial charge >= 0.3 is 0 Å². The standard InChI is InChI=1S/C16H18N6O/c1-21-10-14(19-11-21)16(23)20-13-5-3-7-22(9-13)15-12(8-17)4-2-6-18-15/h2,4,6,10-11,13H,3,5,7,9H2,1H3,(H,20,23). The van der Waals surface area contributed by atoms with Crippen molar-refractivity contribution < 1.29 is 4.79 Å². The molecule has 1 amide bonds. The Morgan fingerprint density at radius 3 is 3.09 bits per heavy atom. The lowest BCUT2D eigenvalue weighted by Gasteiger charge is -2.34. The monoisotopic (exact) mass is 310 g/mol. The van der Waals surface area contributed by atoms with Gasteiger partial charge in [-0.05, 0) is 25.0 Å². The Morgan fingerprint density at radius 1 is 1.48 bits per heavy atom. The van der Waals surface area contributed by atoms with Crippen LogP contribution in [-0.4, -0.2) is 39.6 Å². The average Bonchev–Trinajstić information content (AvgIpc) is 3.02. The van der Waals surface area contributed by atoms with E-state index in [-0.39, 0.29) is 11.9 Å². The third-order valence-electron chi connectivity index (χ3n) is 3.90. The van der Waals surface area contributed by atoms with Gasteiger partial charge in [-0.3, -0.25) is 4.79 Å². The smallest absolute Gasteiger partial charge is 0.271 e. The van der Waals surface area contributed by atoms with Gasteiger partial charge in [0, 0.05) is 38.6 Å². The molecule has 0 aromatic carbocycles. The quantitative estimate of drug-likeness (QED) is 0.917. The molecule has 7 heteroatoms. The van der Waals surface area contributed by atoms with Crippen molar-refractivity contribution in [3.05, 3.63) is 42.1 Å². The summed E-state index contributed by atoms with van der Waals surface area (Å²) in [5, 5.41) is 12.2. The van der Waals surface area contributed by atoms with Gasteiger partial charge in [0.15, 0.2) is 0 Å². The summed E-state index contributed by atoms with van der Waals surface area (Å²) in [5.41, 5.74) is 0.976. The van der Waals surface area contributed by atoms with Crippen LogP contribution in [-0.2, 0) is 7.05 Å². The van der Waals surface area contributed by atoms with Crippen LogP contribution in [0.5, 0.6) is 0 Å². The number of carbonyl (C=O) groups is 1. The fourth-order valence-electron chi connectivity index (χ4n) is 2.81. The third kappa shape index (κ3) is 3.31. The first kappa shape index (κ1) is 15.0. The van der Waals surface area contributed by atoms with Crippen LogP contribution < -0.4 is 10.2 Å². The van der Waals surface area contributed by atoms with Crippen molar-refractivity contribution in [3.8, 4) is 6.07 Å². The van der Waals surface area contributed by atoms with Gasteiger partial charge in [-0.25, -0.2) is 9.97 Å². The SMILES string of the molecule is Cn1cnc(C(=O)NC2CCCN(c3ncccc3C#N)C2)c1. The topological polar surface area (TPSA) is 86.8 Å². The highest BCUT2D eigenvalue weighted by atomic mass is 16.2. The predicted octanol–water partition coefficient (Wildman–Crippen LogP) is 1.09. The Bertz CT molecular complexity index is 747. The third-order valence-corrected chi connectivity index (χ3v) is 3.90. The number of amides is 1. The van der Waals surface area contributed by atoms with E-state index in [1.807, 2.05) is 7.05 Å². The van der Waals surface area contributed by atoms with Gasteiger partial charge in [-0.1, -0.05) is 0 Å². The molecule has 1 saturated heterocycles. The highest BCUT2D eigenvalue weighted by Gasteiger charge is 2.24. The molecule has 1 atom stereocenters. The zero-order chi connectivity index (χ0) is 16.2. The first-order chi connectivity index (χ1) is 11.2. The van der Waals surface area contributed by atoms with Gasteiger partial charge < -0.3 is 14.8 Å². The molecule has 118 valence electrons. The Labute approximate surface area is 134 Å². The number of aryl methyl sites for hydroxylation is 1. The fourth-order valence-corrected chi connectivity index (χ4v) is 2.81. The molecule has 2 aromatic heterocycles. The zero-order valence-electron chi connectivity index (χ0n) is 12.9. The summed E-state index contributed by atoms with van der Waals surface area (Å²) in [6.45, 7) is 1.48. The van der Waals surface area contributed by atoms with Crippen molar-refractivity contribution in [2.75, 3.05) is 18.0 Å². The van der Waals surface area contributed by atoms with E-state index in [9.17, 15) is 10.1 Å². The van der Waals surface area contributed by atoms with E-state index in [1.54, 1.807) is 35.4 Å². The van der Waals surface area contributed by atoms with Crippen LogP contribution in [0.2, 0.25) is 0 Å². The molecule has 1 aliphatic rings. The maximum atomic E-state index is 12.2. The second-order valence-electron chi connectivity index (χ2n) is 5.67. The number of nitriles is 1. The van der Waals surface area contributed by atoms with Crippen LogP contribution in [0.3, 0.4) is 0 Å². The van der Waals surface area contributed by atoms with Crippen LogP contribution >= 0.6 is 0 Å². The number of hydrogen-bond acceptors (Lipinski definition) is 5. The molecule has 1 N–H and O–H groups in total. The molecular weight excluding hydrogens is 292 g/mol. The van der Waals surface area contributed by atoms with Gasteiger partial charge in [0.1, 0.15) is 17.6 Å². The molecule has 0 spiro atoms. The van der Waals surface area contributed by atoms with Gasteiger partial charge in [0.05, 0.1) is 11.9 Å². The number of carbonyl (C=O) groups excluding carboxylic acids is 1. The number of pyridine rings is 1. The summed E-state index contributed by atoms with van der Waals surface area (Å²) in [6, 6.07) is 5.71. The van der Waals surface area contributed by atoms with Crippen LogP contribution in [0.25, 0.3) is 0 Å². The summed E-state index contributed by atoms with van der Waals surface area (Å²) in [6.07, 6.45) is 6.84. The van der Waals surface area contributed by atoms with Gasteiger partial charge in [-0.15, -0.1) is 0 Å². The summed E-state index contributed by atoms with van der Waals surface area (Å²) < 4.78 is 1.75. The number of hydrogen-bond donors (Lipinski definition) is 1. The molecule has 3 heterocycles. The number of imidazole rings is 1. The van der Waals surface area contributed by atoms with Crippen LogP contribution in [0.1, 0.15) is 28.9 Å². The lowest BCUT2D eigenvalue weighted by molar-refractivity contribution is 0.0928. The number of anilines is 1. The molecule has 1 unspecified atom stereocenters. The van der Waals surface area contributed by atoms with Crippen molar-refractivity contribution in [2.45, 2.75) is 18.9 Å². The molecule has 0 saturated carbocycles. The maximum absolute atomic E-state index is 12.2. The van der Waals surface area contributed by atoms with Gasteiger partial charge in [0.2, 0.25) is 0 Å². The average molecular weight is 310 g/mol. The number of nitrogens with one attached hydrogen (secondary N) is 1. The van der Waals surface area contributed by atoms with Crippen molar-refractivity contribution in [3.63, 3.8) is 0 Å². The lowest BCUT2D eigenvalue weighted by atomic mass is 10.0. The van der Waals surface area contributed by atoms with Gasteiger partial charge in [0.25, 0.3) is 5.91 Å². The molecule has 2 aromatic rings. The fraction of sp³-hybridized carbons (Fsp3) is 0.375. The molecule has 0 radical (unpaired) electrons. The number of rotatable bonds is 3. The number of aromatic nitrogens is 3. The van der Waals surface area contributed by atoms with E-state index < -0.39 is 0 Å². The van der Waals surface area contributed by atoms with Gasteiger partial charge in [-0.2, -0.15) is 5.26 Å². The minimum absolute atomic E-state index is 0.0202. The van der Waals surface area contributed by atoms with Crippen LogP contribution in [0.15, 0.2) is 30.9 Å². The molecular formula is C16H18N6O.